The summed E-state index contributed by atoms with van der Waals surface area (Å²) in [5.41, 5.74) is 5.06. The molecule has 1 aromatic rings. The van der Waals surface area contributed by atoms with E-state index in [1.807, 2.05) is 13.8 Å². The minimum atomic E-state index is -0.832. The van der Waals surface area contributed by atoms with Gasteiger partial charge in [-0.05, 0) is 32.4 Å². The van der Waals surface area contributed by atoms with Gasteiger partial charge in [0.25, 0.3) is 0 Å². The SMILES string of the molecule is CC(C)(CCC(=O)O)Nc1ccc(C(N)=O)cn1. The lowest BCUT2D eigenvalue weighted by Crippen LogP contribution is -2.32. The van der Waals surface area contributed by atoms with Crippen LogP contribution in [-0.4, -0.2) is 27.5 Å². The zero-order valence-corrected chi connectivity index (χ0v) is 10.4. The van der Waals surface area contributed by atoms with Gasteiger partial charge in [-0.1, -0.05) is 0 Å². The summed E-state index contributed by atoms with van der Waals surface area (Å²) < 4.78 is 0. The Morgan fingerprint density at radius 2 is 2.11 bits per heavy atom. The molecule has 0 fully saturated rings. The molecular weight excluding hydrogens is 234 g/mol. The van der Waals surface area contributed by atoms with Crippen LogP contribution in [0, 0.1) is 0 Å². The summed E-state index contributed by atoms with van der Waals surface area (Å²) in [5, 5.41) is 11.8. The number of carbonyl (C=O) groups excluding carboxylic acids is 1. The number of anilines is 1. The lowest BCUT2D eigenvalue weighted by atomic mass is 9.98. The highest BCUT2D eigenvalue weighted by Crippen LogP contribution is 2.18. The van der Waals surface area contributed by atoms with E-state index in [2.05, 4.69) is 10.3 Å². The number of carboxylic acids is 1. The fourth-order valence-corrected chi connectivity index (χ4v) is 1.44. The molecule has 0 bridgehead atoms. The van der Waals surface area contributed by atoms with E-state index < -0.39 is 11.9 Å². The highest BCUT2D eigenvalue weighted by atomic mass is 16.4. The molecule has 1 heterocycles. The minimum Gasteiger partial charge on any atom is -0.481 e. The minimum absolute atomic E-state index is 0.0827. The molecule has 1 amide bonds. The fraction of sp³-hybridized carbons (Fsp3) is 0.417. The Labute approximate surface area is 105 Å². The third-order valence-electron chi connectivity index (χ3n) is 2.48. The second-order valence-electron chi connectivity index (χ2n) is 4.70. The average Bonchev–Trinajstić information content (AvgIpc) is 2.27. The van der Waals surface area contributed by atoms with Crippen LogP contribution in [-0.2, 0) is 4.79 Å². The molecule has 1 rings (SSSR count). The summed E-state index contributed by atoms with van der Waals surface area (Å²) in [6.45, 7) is 3.78. The molecule has 0 radical (unpaired) electrons. The summed E-state index contributed by atoms with van der Waals surface area (Å²) in [4.78, 5) is 25.4. The summed E-state index contributed by atoms with van der Waals surface area (Å²) >= 11 is 0. The van der Waals surface area contributed by atoms with Crippen LogP contribution in [0.3, 0.4) is 0 Å². The Morgan fingerprint density at radius 1 is 1.44 bits per heavy atom. The van der Waals surface area contributed by atoms with Crippen LogP contribution in [0.4, 0.5) is 5.82 Å². The van der Waals surface area contributed by atoms with Crippen LogP contribution in [0.1, 0.15) is 37.0 Å². The molecule has 0 unspecified atom stereocenters. The number of hydrogen-bond donors (Lipinski definition) is 3. The lowest BCUT2D eigenvalue weighted by molar-refractivity contribution is -0.137. The van der Waals surface area contributed by atoms with E-state index in [1.54, 1.807) is 12.1 Å². The van der Waals surface area contributed by atoms with E-state index in [0.717, 1.165) is 0 Å². The van der Waals surface area contributed by atoms with Crippen molar-refractivity contribution in [2.75, 3.05) is 5.32 Å². The first-order valence-corrected chi connectivity index (χ1v) is 5.56. The number of nitrogens with one attached hydrogen (secondary N) is 1. The zero-order chi connectivity index (χ0) is 13.8. The second-order valence-corrected chi connectivity index (χ2v) is 4.70. The molecule has 0 saturated heterocycles. The highest BCUT2D eigenvalue weighted by molar-refractivity contribution is 5.92. The molecular formula is C12H17N3O3. The number of pyridine rings is 1. The Balaban J connectivity index is 2.65. The number of primary amides is 1. The maximum Gasteiger partial charge on any atom is 0.303 e. The van der Waals surface area contributed by atoms with Crippen molar-refractivity contribution in [1.82, 2.24) is 4.98 Å². The van der Waals surface area contributed by atoms with E-state index in [0.29, 0.717) is 17.8 Å². The molecule has 0 aliphatic rings. The molecule has 4 N–H and O–H groups in total. The third kappa shape index (κ3) is 4.40. The number of carbonyl (C=O) groups is 2. The predicted molar refractivity (Wildman–Crippen MR) is 67.3 cm³/mol. The van der Waals surface area contributed by atoms with Gasteiger partial charge in [0.05, 0.1) is 5.56 Å². The first-order chi connectivity index (χ1) is 8.30. The molecule has 6 heteroatoms. The number of aromatic nitrogens is 1. The normalized spacial score (nSPS) is 11.0. The maximum atomic E-state index is 10.9. The van der Waals surface area contributed by atoms with Crippen LogP contribution >= 0.6 is 0 Å². The molecule has 18 heavy (non-hydrogen) atoms. The van der Waals surface area contributed by atoms with Gasteiger partial charge in [-0.3, -0.25) is 9.59 Å². The number of carboxylic acid groups (broad SMARTS) is 1. The molecule has 0 atom stereocenters. The van der Waals surface area contributed by atoms with Crippen LogP contribution in [0.15, 0.2) is 18.3 Å². The van der Waals surface area contributed by atoms with Gasteiger partial charge in [-0.25, -0.2) is 4.98 Å². The predicted octanol–water partition coefficient (Wildman–Crippen LogP) is 1.24. The lowest BCUT2D eigenvalue weighted by Gasteiger charge is -2.26. The summed E-state index contributed by atoms with van der Waals surface area (Å²) in [6, 6.07) is 3.22. The Bertz CT molecular complexity index is 440. The van der Waals surface area contributed by atoms with Crippen molar-refractivity contribution in [2.24, 2.45) is 5.73 Å². The van der Waals surface area contributed by atoms with Crippen molar-refractivity contribution in [3.8, 4) is 0 Å². The quantitative estimate of drug-likeness (QED) is 0.705. The van der Waals surface area contributed by atoms with Crippen molar-refractivity contribution in [3.05, 3.63) is 23.9 Å². The van der Waals surface area contributed by atoms with E-state index in [9.17, 15) is 9.59 Å². The Morgan fingerprint density at radius 3 is 2.56 bits per heavy atom. The highest BCUT2D eigenvalue weighted by Gasteiger charge is 2.19. The van der Waals surface area contributed by atoms with E-state index in [4.69, 9.17) is 10.8 Å². The van der Waals surface area contributed by atoms with Crippen molar-refractivity contribution < 1.29 is 14.7 Å². The number of aliphatic carboxylic acids is 1. The maximum absolute atomic E-state index is 10.9. The monoisotopic (exact) mass is 251 g/mol. The van der Waals surface area contributed by atoms with Crippen molar-refractivity contribution in [1.29, 1.82) is 0 Å². The van der Waals surface area contributed by atoms with Gasteiger partial charge in [0.2, 0.25) is 5.91 Å². The largest absolute Gasteiger partial charge is 0.481 e. The van der Waals surface area contributed by atoms with Crippen LogP contribution in [0.25, 0.3) is 0 Å². The summed E-state index contributed by atoms with van der Waals surface area (Å²) in [7, 11) is 0. The van der Waals surface area contributed by atoms with E-state index in [1.165, 1.54) is 6.20 Å². The topological polar surface area (TPSA) is 105 Å². The van der Waals surface area contributed by atoms with E-state index >= 15 is 0 Å². The molecule has 0 aliphatic heterocycles. The van der Waals surface area contributed by atoms with Gasteiger partial charge in [-0.15, -0.1) is 0 Å². The smallest absolute Gasteiger partial charge is 0.303 e. The first-order valence-electron chi connectivity index (χ1n) is 5.56. The summed E-state index contributed by atoms with van der Waals surface area (Å²) in [5.74, 6) is -0.781. The molecule has 1 aromatic heterocycles. The Kier molecular flexibility index (Phi) is 4.25. The molecule has 0 spiro atoms. The summed E-state index contributed by atoms with van der Waals surface area (Å²) in [6.07, 6.45) is 1.94. The number of hydrogen-bond acceptors (Lipinski definition) is 4. The van der Waals surface area contributed by atoms with Gasteiger partial charge >= 0.3 is 5.97 Å². The van der Waals surface area contributed by atoms with Crippen molar-refractivity contribution >= 4 is 17.7 Å². The average molecular weight is 251 g/mol. The van der Waals surface area contributed by atoms with Gasteiger partial charge < -0.3 is 16.2 Å². The molecule has 0 aromatic carbocycles. The molecule has 0 aliphatic carbocycles. The Hall–Kier alpha value is -2.11. The third-order valence-corrected chi connectivity index (χ3v) is 2.48. The van der Waals surface area contributed by atoms with Gasteiger partial charge in [0.15, 0.2) is 0 Å². The van der Waals surface area contributed by atoms with Crippen LogP contribution < -0.4 is 11.1 Å². The fourth-order valence-electron chi connectivity index (χ4n) is 1.44. The van der Waals surface area contributed by atoms with Crippen LogP contribution in [0.2, 0.25) is 0 Å². The zero-order valence-electron chi connectivity index (χ0n) is 10.4. The number of nitrogens with zero attached hydrogens (tertiary/aromatic N) is 1. The van der Waals surface area contributed by atoms with Crippen molar-refractivity contribution in [3.63, 3.8) is 0 Å². The number of amides is 1. The van der Waals surface area contributed by atoms with Crippen molar-refractivity contribution in [2.45, 2.75) is 32.2 Å². The van der Waals surface area contributed by atoms with Gasteiger partial charge in [-0.2, -0.15) is 0 Å². The van der Waals surface area contributed by atoms with E-state index in [-0.39, 0.29) is 12.0 Å². The molecule has 6 nitrogen and oxygen atoms in total. The van der Waals surface area contributed by atoms with Gasteiger partial charge in [0.1, 0.15) is 5.82 Å². The number of rotatable bonds is 6. The van der Waals surface area contributed by atoms with Crippen LogP contribution in [0.5, 0.6) is 0 Å². The first kappa shape index (κ1) is 14.0. The van der Waals surface area contributed by atoms with Gasteiger partial charge in [0, 0.05) is 18.2 Å². The molecule has 0 saturated carbocycles. The molecule has 98 valence electrons. The standard InChI is InChI=1S/C12H17N3O3/c1-12(2,6-5-10(16)17)15-9-4-3-8(7-14-9)11(13)18/h3-4,7H,5-6H2,1-2H3,(H2,13,18)(H,14,15)(H,16,17). The number of nitrogens with two attached hydrogens (primary N) is 1. The second kappa shape index (κ2) is 5.48.